The van der Waals surface area contributed by atoms with Crippen LogP contribution in [0.25, 0.3) is 0 Å². The fourth-order valence-corrected chi connectivity index (χ4v) is 1.16. The fourth-order valence-electron chi connectivity index (χ4n) is 0.753. The van der Waals surface area contributed by atoms with Gasteiger partial charge in [-0.3, -0.25) is 0 Å². The van der Waals surface area contributed by atoms with Gasteiger partial charge < -0.3 is 4.74 Å². The molecule has 5 heteroatoms. The molecular weight excluding hydrogens is 223 g/mol. The second-order valence-electron chi connectivity index (χ2n) is 2.32. The molecule has 0 fully saturated rings. The summed E-state index contributed by atoms with van der Waals surface area (Å²) in [4.78, 5) is 7.66. The maximum atomic E-state index is 5.65. The summed E-state index contributed by atoms with van der Waals surface area (Å²) in [5.74, 6) is 5.60. The van der Waals surface area contributed by atoms with Gasteiger partial charge in [0.2, 0.25) is 0 Å². The molecule has 14 heavy (non-hydrogen) atoms. The van der Waals surface area contributed by atoms with Crippen LogP contribution in [0.15, 0.2) is 6.07 Å². The molecule has 0 aliphatic rings. The van der Waals surface area contributed by atoms with E-state index >= 15 is 0 Å². The molecule has 0 aliphatic heterocycles. The summed E-state index contributed by atoms with van der Waals surface area (Å²) in [5.41, 5.74) is 0. The largest absolute Gasteiger partial charge is 0.462 e. The molecule has 1 heterocycles. The lowest BCUT2D eigenvalue weighted by Crippen LogP contribution is -2.00. The Morgan fingerprint density at radius 2 is 2.00 bits per heavy atom. The molecule has 0 aliphatic carbocycles. The first-order chi connectivity index (χ1) is 6.72. The standard InChI is InChI=1S/C9H8Cl2N2O/c1-2-3-4-5-14-9-12-7(10)6-8(11)13-9/h6H,4-5H2,1H3. The van der Waals surface area contributed by atoms with Gasteiger partial charge in [-0.1, -0.05) is 23.2 Å². The van der Waals surface area contributed by atoms with E-state index in [1.54, 1.807) is 6.92 Å². The minimum Gasteiger partial charge on any atom is -0.462 e. The molecule has 0 spiro atoms. The lowest BCUT2D eigenvalue weighted by Gasteiger charge is -2.01. The Bertz CT molecular complexity index is 351. The van der Waals surface area contributed by atoms with Gasteiger partial charge >= 0.3 is 6.01 Å². The first-order valence-corrected chi connectivity index (χ1v) is 4.70. The second kappa shape index (κ2) is 5.69. The predicted molar refractivity (Wildman–Crippen MR) is 55.6 cm³/mol. The Balaban J connectivity index is 2.53. The summed E-state index contributed by atoms with van der Waals surface area (Å²) in [6, 6.07) is 1.63. The first-order valence-electron chi connectivity index (χ1n) is 3.95. The number of hydrogen-bond acceptors (Lipinski definition) is 3. The van der Waals surface area contributed by atoms with E-state index in [0.29, 0.717) is 13.0 Å². The summed E-state index contributed by atoms with van der Waals surface area (Å²) < 4.78 is 5.18. The molecular formula is C9H8Cl2N2O. The van der Waals surface area contributed by atoms with Gasteiger partial charge in [0.15, 0.2) is 0 Å². The van der Waals surface area contributed by atoms with Crippen molar-refractivity contribution >= 4 is 23.2 Å². The molecule has 0 radical (unpaired) electrons. The van der Waals surface area contributed by atoms with E-state index in [2.05, 4.69) is 21.8 Å². The third kappa shape index (κ3) is 3.82. The molecule has 1 rings (SSSR count). The van der Waals surface area contributed by atoms with E-state index < -0.39 is 0 Å². The van der Waals surface area contributed by atoms with E-state index in [4.69, 9.17) is 27.9 Å². The van der Waals surface area contributed by atoms with Crippen LogP contribution in [0, 0.1) is 11.8 Å². The molecule has 0 aromatic carbocycles. The highest BCUT2D eigenvalue weighted by Gasteiger charge is 2.01. The predicted octanol–water partition coefficient (Wildman–Crippen LogP) is 2.58. The highest BCUT2D eigenvalue weighted by atomic mass is 35.5. The number of nitrogens with zero attached hydrogens (tertiary/aromatic N) is 2. The van der Waals surface area contributed by atoms with Crippen molar-refractivity contribution in [3.05, 3.63) is 16.4 Å². The average molecular weight is 231 g/mol. The van der Waals surface area contributed by atoms with E-state index in [1.165, 1.54) is 6.07 Å². The molecule has 74 valence electrons. The normalized spacial score (nSPS) is 9.07. The van der Waals surface area contributed by atoms with Crippen molar-refractivity contribution in [3.8, 4) is 17.9 Å². The van der Waals surface area contributed by atoms with Gasteiger partial charge in [-0.2, -0.15) is 9.97 Å². The zero-order valence-electron chi connectivity index (χ0n) is 7.55. The summed E-state index contributed by atoms with van der Waals surface area (Å²) in [7, 11) is 0. The first kappa shape index (κ1) is 11.1. The molecule has 0 saturated carbocycles. The quantitative estimate of drug-likeness (QED) is 0.455. The molecule has 1 aromatic rings. The molecule has 0 saturated heterocycles. The van der Waals surface area contributed by atoms with Crippen LogP contribution in [0.2, 0.25) is 10.3 Å². The Hall–Kier alpha value is -0.980. The van der Waals surface area contributed by atoms with Crippen LogP contribution in [-0.2, 0) is 0 Å². The van der Waals surface area contributed by atoms with Crippen LogP contribution in [0.1, 0.15) is 13.3 Å². The number of aromatic nitrogens is 2. The second-order valence-corrected chi connectivity index (χ2v) is 3.10. The molecule has 0 atom stereocenters. The lowest BCUT2D eigenvalue weighted by molar-refractivity contribution is 0.301. The third-order valence-corrected chi connectivity index (χ3v) is 1.67. The Morgan fingerprint density at radius 1 is 1.36 bits per heavy atom. The summed E-state index contributed by atoms with van der Waals surface area (Å²) >= 11 is 11.3. The number of halogens is 2. The summed E-state index contributed by atoms with van der Waals surface area (Å²) in [6.45, 7) is 2.20. The number of ether oxygens (including phenoxy) is 1. The van der Waals surface area contributed by atoms with Crippen molar-refractivity contribution in [2.45, 2.75) is 13.3 Å². The summed E-state index contributed by atoms with van der Waals surface area (Å²) in [5, 5.41) is 0.531. The van der Waals surface area contributed by atoms with E-state index in [9.17, 15) is 0 Å². The number of hydrogen-bond donors (Lipinski definition) is 0. The molecule has 0 unspecified atom stereocenters. The monoisotopic (exact) mass is 230 g/mol. The van der Waals surface area contributed by atoms with Crippen molar-refractivity contribution in [1.82, 2.24) is 9.97 Å². The van der Waals surface area contributed by atoms with Gasteiger partial charge in [-0.25, -0.2) is 0 Å². The van der Waals surface area contributed by atoms with Crippen LogP contribution >= 0.6 is 23.2 Å². The van der Waals surface area contributed by atoms with Crippen molar-refractivity contribution in [2.75, 3.05) is 6.61 Å². The Kier molecular flexibility index (Phi) is 4.51. The minimum atomic E-state index is 0.181. The van der Waals surface area contributed by atoms with Gasteiger partial charge in [0.25, 0.3) is 0 Å². The maximum absolute atomic E-state index is 5.65. The van der Waals surface area contributed by atoms with Gasteiger partial charge in [0, 0.05) is 12.5 Å². The summed E-state index contributed by atoms with van der Waals surface area (Å²) in [6.07, 6.45) is 0.629. The van der Waals surface area contributed by atoms with Crippen LogP contribution < -0.4 is 4.74 Å². The SMILES string of the molecule is CC#CCCOc1nc(Cl)cc(Cl)n1. The molecule has 1 aromatic heterocycles. The van der Waals surface area contributed by atoms with Crippen molar-refractivity contribution < 1.29 is 4.74 Å². The van der Waals surface area contributed by atoms with Crippen molar-refractivity contribution in [1.29, 1.82) is 0 Å². The van der Waals surface area contributed by atoms with Gasteiger partial charge in [-0.05, 0) is 6.92 Å². The Morgan fingerprint density at radius 3 is 2.57 bits per heavy atom. The minimum absolute atomic E-state index is 0.181. The fraction of sp³-hybridized carbons (Fsp3) is 0.333. The zero-order chi connectivity index (χ0) is 10.4. The van der Waals surface area contributed by atoms with Crippen LogP contribution in [0.3, 0.4) is 0 Å². The van der Waals surface area contributed by atoms with E-state index in [-0.39, 0.29) is 16.3 Å². The molecule has 3 nitrogen and oxygen atoms in total. The van der Waals surface area contributed by atoms with Crippen molar-refractivity contribution in [3.63, 3.8) is 0 Å². The van der Waals surface area contributed by atoms with Crippen LogP contribution in [0.4, 0.5) is 0 Å². The zero-order valence-corrected chi connectivity index (χ0v) is 9.06. The van der Waals surface area contributed by atoms with Gasteiger partial charge in [0.1, 0.15) is 16.9 Å². The molecule has 0 bridgehead atoms. The lowest BCUT2D eigenvalue weighted by atomic mass is 10.4. The Labute approximate surface area is 92.4 Å². The van der Waals surface area contributed by atoms with Gasteiger partial charge in [-0.15, -0.1) is 11.8 Å². The van der Waals surface area contributed by atoms with E-state index in [0.717, 1.165) is 0 Å². The van der Waals surface area contributed by atoms with Crippen LogP contribution in [-0.4, -0.2) is 16.6 Å². The highest BCUT2D eigenvalue weighted by Crippen LogP contribution is 2.15. The smallest absolute Gasteiger partial charge is 0.319 e. The van der Waals surface area contributed by atoms with Gasteiger partial charge in [0.05, 0.1) is 0 Å². The van der Waals surface area contributed by atoms with Crippen LogP contribution in [0.5, 0.6) is 6.01 Å². The highest BCUT2D eigenvalue weighted by molar-refractivity contribution is 6.33. The van der Waals surface area contributed by atoms with E-state index in [1.807, 2.05) is 0 Å². The molecule has 0 N–H and O–H groups in total. The maximum Gasteiger partial charge on any atom is 0.319 e. The molecule has 0 amide bonds. The third-order valence-electron chi connectivity index (χ3n) is 1.28. The topological polar surface area (TPSA) is 35.0 Å². The average Bonchev–Trinajstić information content (AvgIpc) is 2.11. The number of rotatable bonds is 3. The van der Waals surface area contributed by atoms with Crippen molar-refractivity contribution in [2.24, 2.45) is 0 Å².